The van der Waals surface area contributed by atoms with Crippen LogP contribution in [0.25, 0.3) is 0 Å². The van der Waals surface area contributed by atoms with E-state index in [0.717, 1.165) is 14.3 Å². The van der Waals surface area contributed by atoms with Gasteiger partial charge in [-0.15, -0.1) is 0 Å². The molecule has 3 aromatic rings. The van der Waals surface area contributed by atoms with Crippen molar-refractivity contribution in [3.63, 3.8) is 0 Å². The molecule has 0 heterocycles. The van der Waals surface area contributed by atoms with Crippen LogP contribution in [0.5, 0.6) is 17.2 Å². The van der Waals surface area contributed by atoms with Crippen LogP contribution in [0.3, 0.4) is 0 Å². The smallest absolute Gasteiger partial charge is 0.264 e. The van der Waals surface area contributed by atoms with E-state index in [1.165, 1.54) is 37.3 Å². The average molecular weight is 691 g/mol. The number of nitrogens with one attached hydrogen (secondary N) is 1. The molecule has 0 aliphatic rings. The van der Waals surface area contributed by atoms with E-state index in [1.54, 1.807) is 31.2 Å². The number of carbonyl (C=O) groups is 2. The molecule has 0 unspecified atom stereocenters. The van der Waals surface area contributed by atoms with Crippen molar-refractivity contribution >= 4 is 43.5 Å². The second kappa shape index (κ2) is 14.8. The minimum absolute atomic E-state index is 0.0739. The molecule has 3 rings (SSSR count). The standard InChI is InChI=1S/C32H40BrN3O7S/c1-8-43-26-14-12-25(13-15-26)36(44(39,40)27-16-17-28(41-6)29(19-27)42-7)21-30(37)35(20-23-10-9-11-24(33)18-23)22(2)31(38)34-32(3,4)5/h9-19,22H,8,20-21H2,1-7H3,(H,34,38)/t22-/m0/s1. The van der Waals surface area contributed by atoms with Gasteiger partial charge in [-0.2, -0.15) is 0 Å². The van der Waals surface area contributed by atoms with Crippen LogP contribution >= 0.6 is 15.9 Å². The van der Waals surface area contributed by atoms with Crippen LogP contribution in [-0.2, 0) is 26.2 Å². The lowest BCUT2D eigenvalue weighted by atomic mass is 10.1. The lowest BCUT2D eigenvalue weighted by Gasteiger charge is -2.33. The Morgan fingerprint density at radius 2 is 1.61 bits per heavy atom. The third-order valence-electron chi connectivity index (χ3n) is 6.57. The number of halogens is 1. The number of amides is 2. The molecule has 0 aliphatic carbocycles. The Hall–Kier alpha value is -3.77. The molecular weight excluding hydrogens is 650 g/mol. The number of hydrogen-bond acceptors (Lipinski definition) is 7. The van der Waals surface area contributed by atoms with Crippen molar-refractivity contribution in [2.75, 3.05) is 31.7 Å². The van der Waals surface area contributed by atoms with Gasteiger partial charge in [0.25, 0.3) is 10.0 Å². The van der Waals surface area contributed by atoms with Gasteiger partial charge < -0.3 is 24.4 Å². The van der Waals surface area contributed by atoms with Crippen LogP contribution in [0.15, 0.2) is 76.1 Å². The summed E-state index contributed by atoms with van der Waals surface area (Å²) in [6, 6.07) is 17.1. The summed E-state index contributed by atoms with van der Waals surface area (Å²) in [7, 11) is -1.46. The van der Waals surface area contributed by atoms with E-state index >= 15 is 0 Å². The van der Waals surface area contributed by atoms with Crippen molar-refractivity contribution in [3.05, 3.63) is 76.8 Å². The summed E-state index contributed by atoms with van der Waals surface area (Å²) in [6.07, 6.45) is 0. The normalized spacial score (nSPS) is 12.2. The fourth-order valence-corrected chi connectivity index (χ4v) is 6.27. The zero-order chi connectivity index (χ0) is 32.7. The van der Waals surface area contributed by atoms with Gasteiger partial charge in [-0.1, -0.05) is 28.1 Å². The fraction of sp³-hybridized carbons (Fsp3) is 0.375. The third kappa shape index (κ3) is 8.88. The molecular formula is C32H40BrN3O7S. The molecule has 1 atom stereocenters. The lowest BCUT2D eigenvalue weighted by molar-refractivity contribution is -0.140. The quantitative estimate of drug-likeness (QED) is 0.256. The molecule has 1 N–H and O–H groups in total. The molecule has 0 spiro atoms. The molecule has 0 aromatic heterocycles. The largest absolute Gasteiger partial charge is 0.494 e. The third-order valence-corrected chi connectivity index (χ3v) is 8.83. The van der Waals surface area contributed by atoms with Gasteiger partial charge in [0.1, 0.15) is 18.3 Å². The van der Waals surface area contributed by atoms with Gasteiger partial charge >= 0.3 is 0 Å². The molecule has 0 bridgehead atoms. The molecule has 3 aromatic carbocycles. The predicted octanol–water partition coefficient (Wildman–Crippen LogP) is 5.39. The van der Waals surface area contributed by atoms with E-state index in [0.29, 0.717) is 18.1 Å². The predicted molar refractivity (Wildman–Crippen MR) is 174 cm³/mol. The molecule has 0 saturated heterocycles. The van der Waals surface area contributed by atoms with Crippen LogP contribution in [0.1, 0.15) is 40.2 Å². The summed E-state index contributed by atoms with van der Waals surface area (Å²) in [5.41, 5.74) is 0.463. The van der Waals surface area contributed by atoms with E-state index in [4.69, 9.17) is 14.2 Å². The SMILES string of the molecule is CCOc1ccc(N(CC(=O)N(Cc2cccc(Br)c2)[C@@H](C)C(=O)NC(C)(C)C)S(=O)(=O)c2ccc(OC)c(OC)c2)cc1. The number of sulfonamides is 1. The van der Waals surface area contributed by atoms with E-state index in [2.05, 4.69) is 21.2 Å². The summed E-state index contributed by atoms with van der Waals surface area (Å²) in [4.78, 5) is 28.7. The maximum atomic E-state index is 14.2. The van der Waals surface area contributed by atoms with Gasteiger partial charge in [0.05, 0.1) is 31.4 Å². The number of methoxy groups -OCH3 is 2. The van der Waals surface area contributed by atoms with Crippen molar-refractivity contribution in [3.8, 4) is 17.2 Å². The molecule has 0 aliphatic heterocycles. The highest BCUT2D eigenvalue weighted by molar-refractivity contribution is 9.10. The van der Waals surface area contributed by atoms with Gasteiger partial charge in [0, 0.05) is 22.6 Å². The van der Waals surface area contributed by atoms with Crippen molar-refractivity contribution in [2.24, 2.45) is 0 Å². The zero-order valence-electron chi connectivity index (χ0n) is 26.1. The highest BCUT2D eigenvalue weighted by atomic mass is 79.9. The number of hydrogen-bond donors (Lipinski definition) is 1. The number of rotatable bonds is 13. The molecule has 2 amide bonds. The Morgan fingerprint density at radius 1 is 0.955 bits per heavy atom. The monoisotopic (exact) mass is 689 g/mol. The molecule has 0 saturated carbocycles. The number of anilines is 1. The van der Waals surface area contributed by atoms with Gasteiger partial charge in [-0.05, 0) is 88.7 Å². The summed E-state index contributed by atoms with van der Waals surface area (Å²) in [5.74, 6) is 0.190. The first-order chi connectivity index (χ1) is 20.7. The summed E-state index contributed by atoms with van der Waals surface area (Å²) in [6.45, 7) is 8.95. The van der Waals surface area contributed by atoms with Crippen molar-refractivity contribution in [1.82, 2.24) is 10.2 Å². The van der Waals surface area contributed by atoms with E-state index in [-0.39, 0.29) is 28.8 Å². The van der Waals surface area contributed by atoms with Gasteiger partial charge in [-0.25, -0.2) is 8.42 Å². The minimum atomic E-state index is -4.32. The van der Waals surface area contributed by atoms with Gasteiger partial charge in [0.15, 0.2) is 11.5 Å². The van der Waals surface area contributed by atoms with Crippen LogP contribution in [0.4, 0.5) is 5.69 Å². The topological polar surface area (TPSA) is 114 Å². The fourth-order valence-electron chi connectivity index (χ4n) is 4.40. The molecule has 0 fully saturated rings. The molecule has 238 valence electrons. The molecule has 10 nitrogen and oxygen atoms in total. The first-order valence-electron chi connectivity index (χ1n) is 14.0. The van der Waals surface area contributed by atoms with Crippen molar-refractivity contribution in [1.29, 1.82) is 0 Å². The highest BCUT2D eigenvalue weighted by Crippen LogP contribution is 2.33. The Balaban J connectivity index is 2.09. The van der Waals surface area contributed by atoms with Crippen LogP contribution in [-0.4, -0.2) is 64.1 Å². The summed E-state index contributed by atoms with van der Waals surface area (Å²) >= 11 is 3.46. The highest BCUT2D eigenvalue weighted by Gasteiger charge is 2.34. The maximum absolute atomic E-state index is 14.2. The Labute approximate surface area is 268 Å². The Morgan fingerprint density at radius 3 is 2.18 bits per heavy atom. The summed E-state index contributed by atoms with van der Waals surface area (Å²) < 4.78 is 46.4. The van der Waals surface area contributed by atoms with Gasteiger partial charge in [-0.3, -0.25) is 13.9 Å². The van der Waals surface area contributed by atoms with Crippen molar-refractivity contribution in [2.45, 2.75) is 57.6 Å². The van der Waals surface area contributed by atoms with E-state index in [1.807, 2.05) is 52.0 Å². The van der Waals surface area contributed by atoms with Crippen LogP contribution in [0.2, 0.25) is 0 Å². The Kier molecular flexibility index (Phi) is 11.7. The van der Waals surface area contributed by atoms with Gasteiger partial charge in [0.2, 0.25) is 11.8 Å². The molecule has 44 heavy (non-hydrogen) atoms. The number of nitrogens with zero attached hydrogens (tertiary/aromatic N) is 2. The number of ether oxygens (including phenoxy) is 3. The number of carbonyl (C=O) groups excluding carboxylic acids is 2. The maximum Gasteiger partial charge on any atom is 0.264 e. The first kappa shape index (κ1) is 34.7. The second-order valence-corrected chi connectivity index (χ2v) is 13.8. The Bertz CT molecular complexity index is 1560. The van der Waals surface area contributed by atoms with Crippen molar-refractivity contribution < 1.29 is 32.2 Å². The van der Waals surface area contributed by atoms with E-state index in [9.17, 15) is 18.0 Å². The number of benzene rings is 3. The first-order valence-corrected chi connectivity index (χ1v) is 16.3. The van der Waals surface area contributed by atoms with E-state index < -0.39 is 34.1 Å². The van der Waals surface area contributed by atoms with Crippen LogP contribution < -0.4 is 23.8 Å². The van der Waals surface area contributed by atoms with Crippen LogP contribution in [0, 0.1) is 0 Å². The lowest BCUT2D eigenvalue weighted by Crippen LogP contribution is -2.54. The second-order valence-electron chi connectivity index (χ2n) is 11.0. The molecule has 12 heteroatoms. The molecule has 0 radical (unpaired) electrons. The minimum Gasteiger partial charge on any atom is -0.494 e. The summed E-state index contributed by atoms with van der Waals surface area (Å²) in [5, 5.41) is 2.92. The zero-order valence-corrected chi connectivity index (χ0v) is 28.5. The average Bonchev–Trinajstić information content (AvgIpc) is 2.97.